The first-order valence-electron chi connectivity index (χ1n) is 8.83. The fourth-order valence-corrected chi connectivity index (χ4v) is 5.69. The topological polar surface area (TPSA) is 77.8 Å². The van der Waals surface area contributed by atoms with Gasteiger partial charge in [-0.05, 0) is 29.7 Å². The molecule has 0 unspecified atom stereocenters. The van der Waals surface area contributed by atoms with Gasteiger partial charge < -0.3 is 15.3 Å². The minimum Gasteiger partial charge on any atom is -0.504 e. The van der Waals surface area contributed by atoms with Gasteiger partial charge in [0, 0.05) is 28.0 Å². The average Bonchev–Trinajstić information content (AvgIpc) is 2.71. The number of aliphatic hydroxyl groups is 1. The first kappa shape index (κ1) is 17.3. The molecule has 3 rings (SSSR count). The molecule has 0 radical (unpaired) electrons. The first-order valence-corrected chi connectivity index (χ1v) is 8.83. The Morgan fingerprint density at radius 3 is 2.29 bits per heavy atom. The minimum absolute atomic E-state index is 0.0832. The number of phenolic OH excluding ortho intramolecular Hbond substituents is 2. The lowest BCUT2D eigenvalue weighted by atomic mass is 9.56. The third kappa shape index (κ3) is 1.98. The Kier molecular flexibility index (Phi) is 3.76. The molecule has 1 saturated carbocycles. The van der Waals surface area contributed by atoms with Crippen molar-refractivity contribution in [1.82, 2.24) is 0 Å². The lowest BCUT2D eigenvalue weighted by molar-refractivity contribution is -0.0276. The predicted molar refractivity (Wildman–Crippen MR) is 92.7 cm³/mol. The molecule has 132 valence electrons. The quantitative estimate of drug-likeness (QED) is 0.561. The number of fused-ring (bicyclic) bond motifs is 3. The zero-order valence-corrected chi connectivity index (χ0v) is 15.2. The molecule has 1 aromatic rings. The smallest absolute Gasteiger partial charge is 0.162 e. The molecule has 3 N–H and O–H groups in total. The second kappa shape index (κ2) is 5.22. The highest BCUT2D eigenvalue weighted by Gasteiger charge is 2.59. The zero-order valence-electron chi connectivity index (χ0n) is 15.2. The van der Waals surface area contributed by atoms with Crippen molar-refractivity contribution >= 4 is 6.29 Å². The Balaban J connectivity index is 2.40. The van der Waals surface area contributed by atoms with Crippen molar-refractivity contribution in [3.63, 3.8) is 0 Å². The van der Waals surface area contributed by atoms with Crippen LogP contribution in [0.1, 0.15) is 93.0 Å². The summed E-state index contributed by atoms with van der Waals surface area (Å²) < 4.78 is 0. The zero-order chi connectivity index (χ0) is 18.0. The number of benzene rings is 1. The van der Waals surface area contributed by atoms with Crippen molar-refractivity contribution in [1.29, 1.82) is 0 Å². The Labute approximate surface area is 143 Å². The van der Waals surface area contributed by atoms with Gasteiger partial charge in [-0.15, -0.1) is 0 Å². The summed E-state index contributed by atoms with van der Waals surface area (Å²) in [6.45, 7) is 10.1. The molecule has 4 nitrogen and oxygen atoms in total. The van der Waals surface area contributed by atoms with E-state index in [9.17, 15) is 20.1 Å². The molecule has 0 spiro atoms. The minimum atomic E-state index is -0.801. The highest BCUT2D eigenvalue weighted by molar-refractivity contribution is 5.86. The third-order valence-corrected chi connectivity index (χ3v) is 6.49. The SMILES string of the molecule is CC(C)c1c(O)c(O)c2c(c1C=O)[C@@H](O)[C@H]1C(C)(C)CCC[C@@]21C. The van der Waals surface area contributed by atoms with E-state index in [0.29, 0.717) is 22.3 Å². The van der Waals surface area contributed by atoms with Gasteiger partial charge in [0.05, 0.1) is 6.10 Å². The van der Waals surface area contributed by atoms with E-state index in [1.54, 1.807) is 0 Å². The molecule has 1 fully saturated rings. The second-order valence-corrected chi connectivity index (χ2v) is 8.77. The number of aromatic hydroxyl groups is 2. The van der Waals surface area contributed by atoms with Gasteiger partial charge in [-0.2, -0.15) is 0 Å². The Morgan fingerprint density at radius 1 is 1.12 bits per heavy atom. The summed E-state index contributed by atoms with van der Waals surface area (Å²) in [6, 6.07) is 0. The van der Waals surface area contributed by atoms with Crippen molar-refractivity contribution in [2.24, 2.45) is 11.3 Å². The second-order valence-electron chi connectivity index (χ2n) is 8.77. The van der Waals surface area contributed by atoms with Gasteiger partial charge in [0.25, 0.3) is 0 Å². The summed E-state index contributed by atoms with van der Waals surface area (Å²) in [6.07, 6.45) is 2.75. The van der Waals surface area contributed by atoms with Gasteiger partial charge in [-0.25, -0.2) is 0 Å². The van der Waals surface area contributed by atoms with Crippen LogP contribution in [0.2, 0.25) is 0 Å². The lowest BCUT2D eigenvalue weighted by Gasteiger charge is -2.48. The molecule has 4 heteroatoms. The largest absolute Gasteiger partial charge is 0.504 e. The summed E-state index contributed by atoms with van der Waals surface area (Å²) in [5, 5.41) is 32.5. The van der Waals surface area contributed by atoms with Gasteiger partial charge in [0.1, 0.15) is 0 Å². The molecule has 0 heterocycles. The maximum Gasteiger partial charge on any atom is 0.162 e. The van der Waals surface area contributed by atoms with Crippen LogP contribution >= 0.6 is 0 Å². The molecule has 0 aromatic heterocycles. The maximum atomic E-state index is 11.9. The van der Waals surface area contributed by atoms with Crippen LogP contribution in [0.3, 0.4) is 0 Å². The van der Waals surface area contributed by atoms with E-state index in [-0.39, 0.29) is 28.7 Å². The van der Waals surface area contributed by atoms with Crippen molar-refractivity contribution in [2.45, 2.75) is 71.3 Å². The van der Waals surface area contributed by atoms with E-state index in [2.05, 4.69) is 20.8 Å². The molecule has 2 aliphatic carbocycles. The van der Waals surface area contributed by atoms with E-state index in [1.165, 1.54) is 0 Å². The van der Waals surface area contributed by atoms with Crippen molar-refractivity contribution in [2.75, 3.05) is 0 Å². The van der Waals surface area contributed by atoms with Crippen LogP contribution in [-0.4, -0.2) is 21.6 Å². The molecular weight excluding hydrogens is 304 g/mol. The number of phenols is 2. The molecule has 1 aromatic carbocycles. The Morgan fingerprint density at radius 2 is 1.75 bits per heavy atom. The number of carbonyl (C=O) groups excluding carboxylic acids is 1. The first-order chi connectivity index (χ1) is 11.1. The van der Waals surface area contributed by atoms with Crippen LogP contribution in [0.15, 0.2) is 0 Å². The van der Waals surface area contributed by atoms with Crippen molar-refractivity contribution < 1.29 is 20.1 Å². The summed E-state index contributed by atoms with van der Waals surface area (Å²) in [5.41, 5.74) is 1.36. The van der Waals surface area contributed by atoms with Crippen LogP contribution in [0.5, 0.6) is 11.5 Å². The molecule has 3 atom stereocenters. The van der Waals surface area contributed by atoms with Gasteiger partial charge >= 0.3 is 0 Å². The number of carbonyl (C=O) groups is 1. The highest BCUT2D eigenvalue weighted by atomic mass is 16.3. The molecule has 0 saturated heterocycles. The molecule has 0 amide bonds. The van der Waals surface area contributed by atoms with Gasteiger partial charge in [-0.1, -0.05) is 41.0 Å². The number of aliphatic hydroxyl groups excluding tert-OH is 1. The molecule has 0 bridgehead atoms. The van der Waals surface area contributed by atoms with E-state index in [4.69, 9.17) is 0 Å². The molecular formula is C20H28O4. The Hall–Kier alpha value is -1.55. The summed E-state index contributed by atoms with van der Waals surface area (Å²) >= 11 is 0. The van der Waals surface area contributed by atoms with E-state index >= 15 is 0 Å². The van der Waals surface area contributed by atoms with E-state index < -0.39 is 11.5 Å². The third-order valence-electron chi connectivity index (χ3n) is 6.49. The van der Waals surface area contributed by atoms with Crippen molar-refractivity contribution in [3.8, 4) is 11.5 Å². The van der Waals surface area contributed by atoms with E-state index in [0.717, 1.165) is 25.5 Å². The fraction of sp³-hybridized carbons (Fsp3) is 0.650. The van der Waals surface area contributed by atoms with Crippen LogP contribution < -0.4 is 0 Å². The average molecular weight is 332 g/mol. The number of rotatable bonds is 2. The van der Waals surface area contributed by atoms with Crippen LogP contribution in [0.25, 0.3) is 0 Å². The summed E-state index contributed by atoms with van der Waals surface area (Å²) in [5.74, 6) is -0.568. The number of hydrogen-bond donors (Lipinski definition) is 3. The van der Waals surface area contributed by atoms with Crippen LogP contribution in [0, 0.1) is 11.3 Å². The van der Waals surface area contributed by atoms with E-state index in [1.807, 2.05) is 13.8 Å². The Bertz CT molecular complexity index is 704. The molecule has 0 aliphatic heterocycles. The molecule has 24 heavy (non-hydrogen) atoms. The molecule has 2 aliphatic rings. The lowest BCUT2D eigenvalue weighted by Crippen LogP contribution is -2.43. The number of aldehydes is 1. The van der Waals surface area contributed by atoms with Gasteiger partial charge in [-0.3, -0.25) is 4.79 Å². The summed E-state index contributed by atoms with van der Waals surface area (Å²) in [7, 11) is 0. The van der Waals surface area contributed by atoms with Crippen molar-refractivity contribution in [3.05, 3.63) is 22.3 Å². The van der Waals surface area contributed by atoms with Gasteiger partial charge in [0.15, 0.2) is 17.8 Å². The van der Waals surface area contributed by atoms with Crippen LogP contribution in [-0.2, 0) is 5.41 Å². The predicted octanol–water partition coefficient (Wildman–Crippen LogP) is 4.16. The normalized spacial score (nSPS) is 31.0. The number of hydrogen-bond acceptors (Lipinski definition) is 4. The van der Waals surface area contributed by atoms with Gasteiger partial charge in [0.2, 0.25) is 0 Å². The van der Waals surface area contributed by atoms with Crippen LogP contribution in [0.4, 0.5) is 0 Å². The monoisotopic (exact) mass is 332 g/mol. The highest BCUT2D eigenvalue weighted by Crippen LogP contribution is 2.66. The fourth-order valence-electron chi connectivity index (χ4n) is 5.69. The maximum absolute atomic E-state index is 11.9. The summed E-state index contributed by atoms with van der Waals surface area (Å²) in [4.78, 5) is 11.9. The standard InChI is InChI=1S/C20H28O4/c1-10(2)12-11(9-21)13-14(17(24)15(12)22)20(5)8-6-7-19(3,4)18(20)16(13)23/h9-10,16,18,22-24H,6-8H2,1-5H3/t16-,18+,20+/m1/s1.